The van der Waals surface area contributed by atoms with Crippen molar-refractivity contribution in [3.05, 3.63) is 23.3 Å². The average Bonchev–Trinajstić information content (AvgIpc) is 2.62. The second-order valence-electron chi connectivity index (χ2n) is 8.24. The van der Waals surface area contributed by atoms with Crippen LogP contribution in [0.3, 0.4) is 0 Å². The van der Waals surface area contributed by atoms with Crippen molar-refractivity contribution >= 4 is 15.9 Å². The number of allylic oxidation sites excluding steroid dienone is 2. The molecule has 3 N–H and O–H groups in total. The van der Waals surface area contributed by atoms with Crippen LogP contribution in [0.2, 0.25) is 0 Å². The SMILES string of the molecule is C/C1=C(/C(F)(F)F)CC(C)(C)CC/C=C\C1C1CN(CNC(N)Br)CCO1. The zero-order chi connectivity index (χ0) is 20.2. The first-order valence-corrected chi connectivity index (χ1v) is 10.3. The minimum Gasteiger partial charge on any atom is -0.375 e. The summed E-state index contributed by atoms with van der Waals surface area (Å²) in [6.45, 7) is 7.78. The number of morpholine rings is 1. The van der Waals surface area contributed by atoms with Crippen LogP contribution in [0.1, 0.15) is 40.0 Å². The first-order valence-electron chi connectivity index (χ1n) is 9.40. The van der Waals surface area contributed by atoms with Crippen molar-refractivity contribution in [2.24, 2.45) is 17.1 Å². The van der Waals surface area contributed by atoms with Gasteiger partial charge in [-0.2, -0.15) is 13.2 Å². The monoisotopic (exact) mass is 453 g/mol. The Labute approximate surface area is 168 Å². The first-order chi connectivity index (χ1) is 12.5. The Hall–Kier alpha value is -0.410. The number of nitrogens with one attached hydrogen (secondary N) is 1. The van der Waals surface area contributed by atoms with E-state index in [-0.39, 0.29) is 28.9 Å². The van der Waals surface area contributed by atoms with E-state index >= 15 is 0 Å². The summed E-state index contributed by atoms with van der Waals surface area (Å²) in [6, 6.07) is 0. The van der Waals surface area contributed by atoms with Crippen LogP contribution in [0.5, 0.6) is 0 Å². The maximum Gasteiger partial charge on any atom is 0.412 e. The Morgan fingerprint density at radius 1 is 1.44 bits per heavy atom. The van der Waals surface area contributed by atoms with E-state index in [0.717, 1.165) is 19.4 Å². The molecule has 1 saturated heterocycles. The third-order valence-corrected chi connectivity index (χ3v) is 5.72. The van der Waals surface area contributed by atoms with Gasteiger partial charge in [0.05, 0.1) is 19.4 Å². The number of rotatable bonds is 4. The van der Waals surface area contributed by atoms with Gasteiger partial charge in [0.15, 0.2) is 0 Å². The van der Waals surface area contributed by atoms with Gasteiger partial charge in [-0.3, -0.25) is 10.2 Å². The Kier molecular flexibility index (Phi) is 7.96. The Bertz CT molecular complexity index is 561. The standard InChI is InChI=1S/C19H31BrF3N3O/c1-13-14(16-11-26(8-9-27-16)12-25-17(20)24)6-4-5-7-18(2,3)10-15(13)19(21,22)23/h4,6,14,16-17,25H,5,7-12,24H2,1-3H3/b6-4-,15-13-. The van der Waals surface area contributed by atoms with Gasteiger partial charge in [0.1, 0.15) is 5.08 Å². The summed E-state index contributed by atoms with van der Waals surface area (Å²) < 4.78 is 47.4. The Balaban J connectivity index is 2.28. The van der Waals surface area contributed by atoms with Crippen LogP contribution in [0.15, 0.2) is 23.3 Å². The van der Waals surface area contributed by atoms with Gasteiger partial charge in [-0.05, 0) is 31.6 Å². The van der Waals surface area contributed by atoms with E-state index in [0.29, 0.717) is 25.4 Å². The van der Waals surface area contributed by atoms with Crippen molar-refractivity contribution < 1.29 is 17.9 Å². The van der Waals surface area contributed by atoms with Crippen LogP contribution < -0.4 is 11.1 Å². The lowest BCUT2D eigenvalue weighted by atomic mass is 9.79. The minimum atomic E-state index is -4.32. The number of halogens is 4. The van der Waals surface area contributed by atoms with Crippen LogP contribution in [0.4, 0.5) is 13.2 Å². The van der Waals surface area contributed by atoms with Crippen molar-refractivity contribution in [2.45, 2.75) is 57.4 Å². The summed E-state index contributed by atoms with van der Waals surface area (Å²) in [5, 5.41) is 2.77. The van der Waals surface area contributed by atoms with Gasteiger partial charge in [-0.15, -0.1) is 0 Å². The molecule has 1 heterocycles. The topological polar surface area (TPSA) is 50.5 Å². The van der Waals surface area contributed by atoms with E-state index in [1.165, 1.54) is 0 Å². The maximum atomic E-state index is 13.8. The van der Waals surface area contributed by atoms with Crippen molar-refractivity contribution in [3.63, 3.8) is 0 Å². The van der Waals surface area contributed by atoms with Crippen LogP contribution >= 0.6 is 15.9 Å². The van der Waals surface area contributed by atoms with Crippen LogP contribution in [0, 0.1) is 11.3 Å². The van der Waals surface area contributed by atoms with Crippen molar-refractivity contribution in [1.82, 2.24) is 10.2 Å². The van der Waals surface area contributed by atoms with E-state index in [9.17, 15) is 13.2 Å². The molecule has 4 nitrogen and oxygen atoms in total. The molecule has 0 bridgehead atoms. The summed E-state index contributed by atoms with van der Waals surface area (Å²) in [5.41, 5.74) is 5.25. The highest BCUT2D eigenvalue weighted by molar-refractivity contribution is 9.09. The molecule has 0 radical (unpaired) electrons. The predicted molar refractivity (Wildman–Crippen MR) is 105 cm³/mol. The molecular formula is C19H31BrF3N3O. The second-order valence-corrected chi connectivity index (χ2v) is 9.23. The molecule has 156 valence electrons. The highest BCUT2D eigenvalue weighted by atomic mass is 79.9. The van der Waals surface area contributed by atoms with Gasteiger partial charge in [-0.1, -0.05) is 47.5 Å². The number of alkyl halides is 4. The number of ether oxygens (including phenoxy) is 1. The van der Waals surface area contributed by atoms with Crippen molar-refractivity contribution in [1.29, 1.82) is 0 Å². The van der Waals surface area contributed by atoms with E-state index in [2.05, 4.69) is 26.1 Å². The molecule has 0 aromatic rings. The molecular weight excluding hydrogens is 423 g/mol. The molecule has 0 aromatic carbocycles. The first kappa shape index (κ1) is 22.9. The quantitative estimate of drug-likeness (QED) is 0.290. The molecule has 2 rings (SSSR count). The number of hydrogen-bond donors (Lipinski definition) is 2. The zero-order valence-corrected chi connectivity index (χ0v) is 17.9. The highest BCUT2D eigenvalue weighted by Gasteiger charge is 2.41. The fourth-order valence-electron chi connectivity index (χ4n) is 3.80. The van der Waals surface area contributed by atoms with E-state index in [1.807, 2.05) is 26.0 Å². The van der Waals surface area contributed by atoms with E-state index in [4.69, 9.17) is 10.5 Å². The zero-order valence-electron chi connectivity index (χ0n) is 16.3. The van der Waals surface area contributed by atoms with Crippen LogP contribution in [-0.2, 0) is 4.74 Å². The van der Waals surface area contributed by atoms with E-state index < -0.39 is 11.7 Å². The lowest BCUT2D eigenvalue weighted by molar-refractivity contribution is -0.0993. The van der Waals surface area contributed by atoms with Gasteiger partial charge in [0, 0.05) is 24.6 Å². The third kappa shape index (κ3) is 6.85. The number of nitrogens with zero attached hydrogens (tertiary/aromatic N) is 1. The highest BCUT2D eigenvalue weighted by Crippen LogP contribution is 2.43. The van der Waals surface area contributed by atoms with Gasteiger partial charge >= 0.3 is 6.18 Å². The molecule has 3 unspecified atom stereocenters. The molecule has 27 heavy (non-hydrogen) atoms. The Morgan fingerprint density at radius 2 is 2.15 bits per heavy atom. The van der Waals surface area contributed by atoms with Gasteiger partial charge in [0.25, 0.3) is 0 Å². The van der Waals surface area contributed by atoms with Gasteiger partial charge in [-0.25, -0.2) is 0 Å². The summed E-state index contributed by atoms with van der Waals surface area (Å²) >= 11 is 3.24. The molecule has 0 spiro atoms. The lowest BCUT2D eigenvalue weighted by Gasteiger charge is -2.37. The fourth-order valence-corrected chi connectivity index (χ4v) is 3.95. The van der Waals surface area contributed by atoms with E-state index in [1.54, 1.807) is 6.92 Å². The summed E-state index contributed by atoms with van der Waals surface area (Å²) in [7, 11) is 0. The predicted octanol–water partition coefficient (Wildman–Crippen LogP) is 4.13. The second kappa shape index (κ2) is 9.39. The summed E-state index contributed by atoms with van der Waals surface area (Å²) in [4.78, 5) is 2.13. The minimum absolute atomic E-state index is 0.0386. The molecule has 1 aliphatic heterocycles. The molecule has 2 aliphatic rings. The fraction of sp³-hybridized carbons (Fsp3) is 0.789. The normalized spacial score (nSPS) is 33.0. The smallest absolute Gasteiger partial charge is 0.375 e. The van der Waals surface area contributed by atoms with Gasteiger partial charge in [0.2, 0.25) is 0 Å². The molecule has 1 fully saturated rings. The molecule has 8 heteroatoms. The number of nitrogens with two attached hydrogens (primary N) is 1. The number of hydrogen-bond acceptors (Lipinski definition) is 4. The molecule has 1 aliphatic carbocycles. The Morgan fingerprint density at radius 3 is 2.78 bits per heavy atom. The van der Waals surface area contributed by atoms with Crippen molar-refractivity contribution in [3.8, 4) is 0 Å². The van der Waals surface area contributed by atoms with Crippen LogP contribution in [-0.4, -0.2) is 48.6 Å². The van der Waals surface area contributed by atoms with Crippen LogP contribution in [0.25, 0.3) is 0 Å². The molecule has 3 atom stereocenters. The van der Waals surface area contributed by atoms with Crippen molar-refractivity contribution in [2.75, 3.05) is 26.4 Å². The molecule has 0 aromatic heterocycles. The molecule has 0 saturated carbocycles. The largest absolute Gasteiger partial charge is 0.412 e. The lowest BCUT2D eigenvalue weighted by Crippen LogP contribution is -2.50. The maximum absolute atomic E-state index is 13.8. The summed E-state index contributed by atoms with van der Waals surface area (Å²) in [5.74, 6) is -0.379. The third-order valence-electron chi connectivity index (χ3n) is 5.39. The average molecular weight is 454 g/mol. The van der Waals surface area contributed by atoms with Gasteiger partial charge < -0.3 is 10.5 Å². The summed E-state index contributed by atoms with van der Waals surface area (Å²) in [6.07, 6.45) is 0.853. The molecule has 0 amide bonds.